The number of hydrogen-bond donors (Lipinski definition) is 1. The van der Waals surface area contributed by atoms with Gasteiger partial charge in [-0.1, -0.05) is 13.0 Å². The molecule has 4 nitrogen and oxygen atoms in total. The van der Waals surface area contributed by atoms with Crippen LogP contribution in [0.15, 0.2) is 23.1 Å². The minimum absolute atomic E-state index is 0.726. The molecule has 0 saturated carbocycles. The third-order valence-electron chi connectivity index (χ3n) is 4.35. The van der Waals surface area contributed by atoms with Gasteiger partial charge in [0.15, 0.2) is 0 Å². The van der Waals surface area contributed by atoms with Gasteiger partial charge in [-0.3, -0.25) is 4.90 Å². The molecule has 0 radical (unpaired) electrons. The summed E-state index contributed by atoms with van der Waals surface area (Å²) in [6, 6.07) is 9.38. The van der Waals surface area contributed by atoms with Crippen LogP contribution in [0.2, 0.25) is 0 Å². The number of anilines is 1. The minimum Gasteiger partial charge on any atom is -0.368 e. The fourth-order valence-electron chi connectivity index (χ4n) is 3.03. The van der Waals surface area contributed by atoms with Crippen molar-refractivity contribution >= 4 is 17.4 Å². The van der Waals surface area contributed by atoms with Crippen LogP contribution in [0.3, 0.4) is 0 Å². The van der Waals surface area contributed by atoms with E-state index in [4.69, 9.17) is 0 Å². The fourth-order valence-corrected chi connectivity index (χ4v) is 3.81. The predicted octanol–water partition coefficient (Wildman–Crippen LogP) is 1.76. The second-order valence-electron chi connectivity index (χ2n) is 5.53. The van der Waals surface area contributed by atoms with Crippen molar-refractivity contribution in [1.82, 2.24) is 10.2 Å². The lowest BCUT2D eigenvalue weighted by Gasteiger charge is -2.44. The number of rotatable bonds is 4. The van der Waals surface area contributed by atoms with E-state index in [0.717, 1.165) is 67.2 Å². The number of thioether (sulfide) groups is 1. The first-order valence-corrected chi connectivity index (χ1v) is 8.67. The molecule has 2 fully saturated rings. The topological polar surface area (TPSA) is 42.3 Å². The average Bonchev–Trinajstić information content (AvgIpc) is 2.46. The summed E-state index contributed by atoms with van der Waals surface area (Å²) in [5, 5.41) is 12.9. The number of nitriles is 1. The molecule has 0 spiro atoms. The van der Waals surface area contributed by atoms with E-state index in [-0.39, 0.29) is 0 Å². The molecule has 21 heavy (non-hydrogen) atoms. The highest BCUT2D eigenvalue weighted by atomic mass is 32.2. The Morgan fingerprint density at radius 2 is 2.05 bits per heavy atom. The molecule has 0 aliphatic carbocycles. The molecule has 2 aliphatic rings. The van der Waals surface area contributed by atoms with E-state index in [9.17, 15) is 5.26 Å². The van der Waals surface area contributed by atoms with Crippen LogP contribution in [0, 0.1) is 11.3 Å². The summed E-state index contributed by atoms with van der Waals surface area (Å²) in [6.07, 6.45) is 0. The smallest absolute Gasteiger partial charge is 0.103 e. The SMILES string of the molecule is CCSc1cccc(N2CCN(C3CNC3)CC2)c1C#N. The van der Waals surface area contributed by atoms with Gasteiger partial charge in [-0.05, 0) is 17.9 Å². The molecule has 0 atom stereocenters. The quantitative estimate of drug-likeness (QED) is 0.859. The highest BCUT2D eigenvalue weighted by molar-refractivity contribution is 7.99. The summed E-state index contributed by atoms with van der Waals surface area (Å²) in [6.45, 7) is 8.63. The molecular weight excluding hydrogens is 280 g/mol. The van der Waals surface area contributed by atoms with E-state index in [1.165, 1.54) is 0 Å². The Kier molecular flexibility index (Phi) is 4.69. The highest BCUT2D eigenvalue weighted by Crippen LogP contribution is 2.31. The maximum absolute atomic E-state index is 9.54. The third-order valence-corrected chi connectivity index (χ3v) is 5.29. The molecule has 1 aromatic carbocycles. The second kappa shape index (κ2) is 6.69. The zero-order valence-electron chi connectivity index (χ0n) is 12.5. The van der Waals surface area contributed by atoms with E-state index in [2.05, 4.69) is 46.3 Å². The van der Waals surface area contributed by atoms with Gasteiger partial charge in [-0.15, -0.1) is 11.8 Å². The van der Waals surface area contributed by atoms with Crippen LogP contribution < -0.4 is 10.2 Å². The molecule has 2 heterocycles. The molecule has 0 amide bonds. The number of nitrogens with one attached hydrogen (secondary N) is 1. The first-order chi connectivity index (χ1) is 10.3. The Morgan fingerprint density at radius 1 is 1.29 bits per heavy atom. The molecule has 1 N–H and O–H groups in total. The molecule has 112 valence electrons. The maximum atomic E-state index is 9.54. The number of piperazine rings is 1. The Morgan fingerprint density at radius 3 is 2.62 bits per heavy atom. The van der Waals surface area contributed by atoms with Crippen molar-refractivity contribution in [3.8, 4) is 6.07 Å². The van der Waals surface area contributed by atoms with Crippen LogP contribution in [0.1, 0.15) is 12.5 Å². The van der Waals surface area contributed by atoms with Gasteiger partial charge in [0.1, 0.15) is 6.07 Å². The Balaban J connectivity index is 1.72. The normalized spacial score (nSPS) is 20.1. The molecule has 0 aromatic heterocycles. The Hall–Kier alpha value is -1.22. The highest BCUT2D eigenvalue weighted by Gasteiger charge is 2.28. The molecule has 1 aromatic rings. The average molecular weight is 302 g/mol. The van der Waals surface area contributed by atoms with Crippen LogP contribution in [-0.2, 0) is 0 Å². The van der Waals surface area contributed by atoms with E-state index >= 15 is 0 Å². The fraction of sp³-hybridized carbons (Fsp3) is 0.562. The lowest BCUT2D eigenvalue weighted by Crippen LogP contribution is -2.61. The monoisotopic (exact) mass is 302 g/mol. The van der Waals surface area contributed by atoms with Crippen molar-refractivity contribution in [2.45, 2.75) is 17.9 Å². The standard InChI is InChI=1S/C16H22N4S/c1-2-21-16-5-3-4-15(14(16)10-17)20-8-6-19(7-9-20)13-11-18-12-13/h3-5,13,18H,2,6-9,11-12H2,1H3. The first-order valence-electron chi connectivity index (χ1n) is 7.69. The van der Waals surface area contributed by atoms with Crippen molar-refractivity contribution < 1.29 is 0 Å². The van der Waals surface area contributed by atoms with Crippen LogP contribution in [0.4, 0.5) is 5.69 Å². The molecule has 2 saturated heterocycles. The zero-order chi connectivity index (χ0) is 14.7. The van der Waals surface area contributed by atoms with Gasteiger partial charge in [-0.25, -0.2) is 0 Å². The molecular formula is C16H22N4S. The predicted molar refractivity (Wildman–Crippen MR) is 88.0 cm³/mol. The molecule has 0 unspecified atom stereocenters. The summed E-state index contributed by atoms with van der Waals surface area (Å²) in [7, 11) is 0. The lowest BCUT2D eigenvalue weighted by molar-refractivity contribution is 0.138. The van der Waals surface area contributed by atoms with Gasteiger partial charge in [0.25, 0.3) is 0 Å². The largest absolute Gasteiger partial charge is 0.368 e. The second-order valence-corrected chi connectivity index (χ2v) is 6.84. The van der Waals surface area contributed by atoms with Gasteiger partial charge in [0, 0.05) is 50.2 Å². The lowest BCUT2D eigenvalue weighted by atomic mass is 10.1. The van der Waals surface area contributed by atoms with Gasteiger partial charge in [-0.2, -0.15) is 5.26 Å². The van der Waals surface area contributed by atoms with Crippen molar-refractivity contribution in [2.24, 2.45) is 0 Å². The van der Waals surface area contributed by atoms with E-state index in [1.54, 1.807) is 11.8 Å². The van der Waals surface area contributed by atoms with Crippen LogP contribution in [0.25, 0.3) is 0 Å². The van der Waals surface area contributed by atoms with Gasteiger partial charge < -0.3 is 10.2 Å². The van der Waals surface area contributed by atoms with Crippen molar-refractivity contribution in [2.75, 3.05) is 49.9 Å². The van der Waals surface area contributed by atoms with Crippen LogP contribution >= 0.6 is 11.8 Å². The summed E-state index contributed by atoms with van der Waals surface area (Å²) in [4.78, 5) is 6.06. The minimum atomic E-state index is 0.726. The van der Waals surface area contributed by atoms with E-state index < -0.39 is 0 Å². The maximum Gasteiger partial charge on any atom is 0.103 e. The summed E-state index contributed by atoms with van der Waals surface area (Å²) in [5.74, 6) is 1.00. The Bertz CT molecular complexity index is 528. The van der Waals surface area contributed by atoms with Crippen molar-refractivity contribution in [1.29, 1.82) is 5.26 Å². The van der Waals surface area contributed by atoms with Crippen molar-refractivity contribution in [3.05, 3.63) is 23.8 Å². The molecule has 2 aliphatic heterocycles. The third kappa shape index (κ3) is 3.03. The van der Waals surface area contributed by atoms with Gasteiger partial charge in [0.05, 0.1) is 11.3 Å². The van der Waals surface area contributed by atoms with E-state index in [0.29, 0.717) is 0 Å². The summed E-state index contributed by atoms with van der Waals surface area (Å²) < 4.78 is 0. The summed E-state index contributed by atoms with van der Waals surface area (Å²) >= 11 is 1.75. The van der Waals surface area contributed by atoms with Crippen LogP contribution in [-0.4, -0.2) is 56.0 Å². The zero-order valence-corrected chi connectivity index (χ0v) is 13.3. The number of nitrogens with zero attached hydrogens (tertiary/aromatic N) is 3. The van der Waals surface area contributed by atoms with Crippen molar-refractivity contribution in [3.63, 3.8) is 0 Å². The molecule has 3 rings (SSSR count). The molecule has 0 bridgehead atoms. The van der Waals surface area contributed by atoms with E-state index in [1.807, 2.05) is 0 Å². The van der Waals surface area contributed by atoms with Gasteiger partial charge in [0.2, 0.25) is 0 Å². The molecule has 5 heteroatoms. The van der Waals surface area contributed by atoms with Gasteiger partial charge >= 0.3 is 0 Å². The number of benzene rings is 1. The number of hydrogen-bond acceptors (Lipinski definition) is 5. The summed E-state index contributed by atoms with van der Waals surface area (Å²) in [5.41, 5.74) is 1.96. The Labute approximate surface area is 131 Å². The van der Waals surface area contributed by atoms with Crippen LogP contribution in [0.5, 0.6) is 0 Å². The first kappa shape index (κ1) is 14.7.